The van der Waals surface area contributed by atoms with Gasteiger partial charge in [-0.15, -0.1) is 0 Å². The summed E-state index contributed by atoms with van der Waals surface area (Å²) >= 11 is 0. The molecule has 0 aromatic heterocycles. The Morgan fingerprint density at radius 3 is 2.20 bits per heavy atom. The highest BCUT2D eigenvalue weighted by Crippen LogP contribution is 2.30. The number of morpholine rings is 1. The van der Waals surface area contributed by atoms with E-state index >= 15 is 0 Å². The largest absolute Gasteiger partial charge is 0.495 e. The zero-order chi connectivity index (χ0) is 28.9. The molecule has 14 heteroatoms. The Morgan fingerprint density at radius 1 is 0.950 bits per heavy atom. The number of sulfonamides is 2. The number of ether oxygens (including phenoxy) is 2. The summed E-state index contributed by atoms with van der Waals surface area (Å²) in [5, 5.41) is 2.60. The number of benzene rings is 2. The molecule has 40 heavy (non-hydrogen) atoms. The van der Waals surface area contributed by atoms with E-state index in [0.29, 0.717) is 45.0 Å². The van der Waals surface area contributed by atoms with Gasteiger partial charge in [0, 0.05) is 31.7 Å². The van der Waals surface area contributed by atoms with Crippen molar-refractivity contribution >= 4 is 43.2 Å². The fourth-order valence-electron chi connectivity index (χ4n) is 4.64. The molecule has 2 fully saturated rings. The van der Waals surface area contributed by atoms with Crippen LogP contribution in [0.5, 0.6) is 5.75 Å². The second-order valence-electron chi connectivity index (χ2n) is 9.60. The van der Waals surface area contributed by atoms with Crippen molar-refractivity contribution in [3.05, 3.63) is 48.0 Å². The molecule has 2 amide bonds. The summed E-state index contributed by atoms with van der Waals surface area (Å²) in [4.78, 5) is 27.5. The minimum atomic E-state index is -3.89. The minimum absolute atomic E-state index is 0.00555. The van der Waals surface area contributed by atoms with Crippen LogP contribution in [-0.2, 0) is 29.6 Å². The molecule has 2 heterocycles. The molecule has 0 atom stereocenters. The van der Waals surface area contributed by atoms with Crippen molar-refractivity contribution in [1.82, 2.24) is 9.21 Å². The van der Waals surface area contributed by atoms with Crippen LogP contribution < -0.4 is 14.4 Å². The molecule has 12 nitrogen and oxygen atoms in total. The normalized spacial score (nSPS) is 16.8. The molecule has 2 aliphatic heterocycles. The maximum absolute atomic E-state index is 13.1. The number of piperidine rings is 1. The zero-order valence-corrected chi connectivity index (χ0v) is 24.2. The van der Waals surface area contributed by atoms with Crippen LogP contribution in [0.3, 0.4) is 0 Å². The van der Waals surface area contributed by atoms with Gasteiger partial charge < -0.3 is 19.7 Å². The maximum atomic E-state index is 13.1. The number of carbonyl (C=O) groups is 2. The Morgan fingerprint density at radius 2 is 1.60 bits per heavy atom. The van der Waals surface area contributed by atoms with Gasteiger partial charge >= 0.3 is 0 Å². The van der Waals surface area contributed by atoms with Crippen LogP contribution in [-0.4, -0.2) is 97.2 Å². The fraction of sp³-hybridized carbons (Fsp3) is 0.462. The van der Waals surface area contributed by atoms with E-state index in [1.54, 1.807) is 4.90 Å². The van der Waals surface area contributed by atoms with E-state index in [0.717, 1.165) is 29.8 Å². The number of hydrogen-bond acceptors (Lipinski definition) is 8. The Balaban J connectivity index is 1.52. The number of anilines is 2. The van der Waals surface area contributed by atoms with E-state index in [1.807, 2.05) is 0 Å². The average Bonchev–Trinajstić information content (AvgIpc) is 2.96. The number of hydrogen-bond donors (Lipinski definition) is 1. The monoisotopic (exact) mass is 594 g/mol. The van der Waals surface area contributed by atoms with E-state index in [2.05, 4.69) is 5.32 Å². The molecule has 0 aliphatic carbocycles. The van der Waals surface area contributed by atoms with E-state index in [4.69, 9.17) is 9.47 Å². The number of nitrogens with zero attached hydrogens (tertiary/aromatic N) is 3. The molecule has 218 valence electrons. The summed E-state index contributed by atoms with van der Waals surface area (Å²) in [7, 11) is -6.28. The second kappa shape index (κ2) is 12.5. The van der Waals surface area contributed by atoms with Crippen molar-refractivity contribution in [3.8, 4) is 5.75 Å². The van der Waals surface area contributed by atoms with Crippen LogP contribution in [0.15, 0.2) is 47.4 Å². The van der Waals surface area contributed by atoms with Gasteiger partial charge in [-0.05, 0) is 55.3 Å². The van der Waals surface area contributed by atoms with Gasteiger partial charge in [0.05, 0.1) is 42.8 Å². The average molecular weight is 595 g/mol. The lowest BCUT2D eigenvalue weighted by Gasteiger charge is -2.27. The predicted molar refractivity (Wildman–Crippen MR) is 150 cm³/mol. The van der Waals surface area contributed by atoms with Gasteiger partial charge in [0.2, 0.25) is 26.0 Å². The molecule has 1 N–H and O–H groups in total. The van der Waals surface area contributed by atoms with E-state index in [1.165, 1.54) is 53.9 Å². The second-order valence-corrected chi connectivity index (χ2v) is 13.4. The first-order valence-corrected chi connectivity index (χ1v) is 16.2. The number of amides is 2. The predicted octanol–water partition coefficient (Wildman–Crippen LogP) is 1.75. The van der Waals surface area contributed by atoms with Crippen molar-refractivity contribution in [1.29, 1.82) is 0 Å². The highest BCUT2D eigenvalue weighted by atomic mass is 32.2. The van der Waals surface area contributed by atoms with Gasteiger partial charge in [-0.1, -0.05) is 6.42 Å². The van der Waals surface area contributed by atoms with Crippen LogP contribution in [0.4, 0.5) is 11.4 Å². The van der Waals surface area contributed by atoms with Crippen LogP contribution in [0, 0.1) is 0 Å². The topological polar surface area (TPSA) is 143 Å². The molecule has 2 saturated heterocycles. The van der Waals surface area contributed by atoms with E-state index < -0.39 is 32.5 Å². The summed E-state index contributed by atoms with van der Waals surface area (Å²) in [6.45, 7) is 2.13. The summed E-state index contributed by atoms with van der Waals surface area (Å²) in [6.07, 6.45) is 3.50. The zero-order valence-electron chi connectivity index (χ0n) is 22.5. The van der Waals surface area contributed by atoms with Crippen molar-refractivity contribution in [2.75, 3.05) is 68.9 Å². The Kier molecular flexibility index (Phi) is 9.33. The summed E-state index contributed by atoms with van der Waals surface area (Å²) in [5.74, 6) is -0.669. The molecule has 0 bridgehead atoms. The molecule has 0 unspecified atom stereocenters. The molecule has 2 aliphatic rings. The van der Waals surface area contributed by atoms with Gasteiger partial charge in [0.15, 0.2) is 0 Å². The van der Waals surface area contributed by atoms with Gasteiger partial charge in [-0.3, -0.25) is 13.9 Å². The minimum Gasteiger partial charge on any atom is -0.495 e. The Hall–Kier alpha value is -3.20. The first-order valence-electron chi connectivity index (χ1n) is 12.9. The van der Waals surface area contributed by atoms with E-state index in [-0.39, 0.29) is 27.9 Å². The smallest absolute Gasteiger partial charge is 0.254 e. The SMILES string of the molecule is COc1ccc(S(=O)(=O)N2CCCCC2)cc1NC(=O)CN(c1ccc(C(=O)N2CCOCC2)cc1)S(C)(=O)=O. The first-order chi connectivity index (χ1) is 19.0. The highest BCUT2D eigenvalue weighted by molar-refractivity contribution is 7.92. The molecule has 0 radical (unpaired) electrons. The first kappa shape index (κ1) is 29.8. The molecule has 0 spiro atoms. The van der Waals surface area contributed by atoms with Gasteiger partial charge in [0.1, 0.15) is 12.3 Å². The van der Waals surface area contributed by atoms with Crippen molar-refractivity contribution in [2.24, 2.45) is 0 Å². The lowest BCUT2D eigenvalue weighted by Crippen LogP contribution is -2.40. The molecular formula is C26H34N4O8S2. The van der Waals surface area contributed by atoms with Crippen molar-refractivity contribution in [3.63, 3.8) is 0 Å². The number of nitrogens with one attached hydrogen (secondary N) is 1. The van der Waals surface area contributed by atoms with Crippen LogP contribution in [0.2, 0.25) is 0 Å². The van der Waals surface area contributed by atoms with Crippen LogP contribution >= 0.6 is 0 Å². The van der Waals surface area contributed by atoms with E-state index in [9.17, 15) is 26.4 Å². The summed E-state index contributed by atoms with van der Waals surface area (Å²) in [5.41, 5.74) is 0.690. The third-order valence-electron chi connectivity index (χ3n) is 6.79. The van der Waals surface area contributed by atoms with Gasteiger partial charge in [-0.25, -0.2) is 16.8 Å². The lowest BCUT2D eigenvalue weighted by molar-refractivity contribution is -0.114. The van der Waals surface area contributed by atoms with Gasteiger partial charge in [-0.2, -0.15) is 4.31 Å². The number of methoxy groups -OCH3 is 1. The Labute approximate surface area is 234 Å². The summed E-state index contributed by atoms with van der Waals surface area (Å²) in [6, 6.07) is 10.1. The lowest BCUT2D eigenvalue weighted by atomic mass is 10.1. The quantitative estimate of drug-likeness (QED) is 0.463. The van der Waals surface area contributed by atoms with Gasteiger partial charge in [0.25, 0.3) is 5.91 Å². The maximum Gasteiger partial charge on any atom is 0.254 e. The standard InChI is InChI=1S/C26H34N4O8S2/c1-37-24-11-10-22(40(35,36)29-12-4-3-5-13-29)18-23(24)27-25(31)19-30(39(2,33)34)21-8-6-20(7-9-21)26(32)28-14-16-38-17-15-28/h6-11,18H,3-5,12-17,19H2,1-2H3,(H,27,31). The third-order valence-corrected chi connectivity index (χ3v) is 9.82. The fourth-order valence-corrected chi connectivity index (χ4v) is 7.04. The molecule has 0 saturated carbocycles. The highest BCUT2D eigenvalue weighted by Gasteiger charge is 2.28. The Bertz CT molecular complexity index is 1430. The molecular weight excluding hydrogens is 560 g/mol. The van der Waals surface area contributed by atoms with Crippen LogP contribution in [0.1, 0.15) is 29.6 Å². The molecule has 2 aromatic carbocycles. The van der Waals surface area contributed by atoms with Crippen molar-refractivity contribution < 1.29 is 35.9 Å². The van der Waals surface area contributed by atoms with Crippen LogP contribution in [0.25, 0.3) is 0 Å². The molecule has 2 aromatic rings. The molecule has 4 rings (SSSR count). The van der Waals surface area contributed by atoms with Crippen molar-refractivity contribution in [2.45, 2.75) is 24.2 Å². The summed E-state index contributed by atoms with van der Waals surface area (Å²) < 4.78 is 64.4. The third kappa shape index (κ3) is 6.92. The number of rotatable bonds is 9. The number of carbonyl (C=O) groups excluding carboxylic acids is 2.